The van der Waals surface area contributed by atoms with E-state index in [-0.39, 0.29) is 29.5 Å². The lowest BCUT2D eigenvalue weighted by atomic mass is 10.1. The first-order valence-electron chi connectivity index (χ1n) is 11.2. The van der Waals surface area contributed by atoms with Crippen LogP contribution >= 0.6 is 0 Å². The van der Waals surface area contributed by atoms with E-state index in [1.807, 2.05) is 18.2 Å². The first-order valence-corrected chi connectivity index (χ1v) is 12.6. The van der Waals surface area contributed by atoms with Crippen LogP contribution in [0.3, 0.4) is 0 Å². The highest BCUT2D eigenvalue weighted by Gasteiger charge is 2.29. The molecule has 0 atom stereocenters. The summed E-state index contributed by atoms with van der Waals surface area (Å²) in [6.07, 6.45) is 3.14. The Hall–Kier alpha value is -3.24. The Balaban J connectivity index is 1.35. The first-order chi connectivity index (χ1) is 16.2. The topological polar surface area (TPSA) is 113 Å². The standard InChI is InChI=1S/C24H27N3O6S/c1-17(28)26-10-12-27(13-11-26)34(31,32)22-7-3-6-20(15-22)24(30)33-16-23(29)25-21-9-8-18-4-2-5-19(18)14-21/h3,6-9,14-15H,2,4-5,10-13,16H2,1H3,(H,25,29). The molecule has 34 heavy (non-hydrogen) atoms. The number of anilines is 1. The number of nitrogens with one attached hydrogen (secondary N) is 1. The van der Waals surface area contributed by atoms with Gasteiger partial charge >= 0.3 is 5.97 Å². The zero-order chi connectivity index (χ0) is 24.3. The second-order valence-corrected chi connectivity index (χ2v) is 10.3. The molecule has 10 heteroatoms. The third-order valence-corrected chi connectivity index (χ3v) is 8.00. The highest BCUT2D eigenvalue weighted by Crippen LogP contribution is 2.25. The Morgan fingerprint density at radius 1 is 0.971 bits per heavy atom. The van der Waals surface area contributed by atoms with Crippen molar-refractivity contribution in [3.63, 3.8) is 0 Å². The van der Waals surface area contributed by atoms with Gasteiger partial charge in [0.1, 0.15) is 0 Å². The maximum atomic E-state index is 13.0. The van der Waals surface area contributed by atoms with Gasteiger partial charge in [-0.2, -0.15) is 4.31 Å². The number of ether oxygens (including phenoxy) is 1. The molecule has 9 nitrogen and oxygen atoms in total. The molecule has 1 aliphatic heterocycles. The normalized spacial score (nSPS) is 16.1. The summed E-state index contributed by atoms with van der Waals surface area (Å²) in [5.41, 5.74) is 3.20. The number of fused-ring (bicyclic) bond motifs is 1. The van der Waals surface area contributed by atoms with Crippen molar-refractivity contribution in [2.45, 2.75) is 31.1 Å². The van der Waals surface area contributed by atoms with E-state index >= 15 is 0 Å². The van der Waals surface area contributed by atoms with E-state index in [0.29, 0.717) is 18.8 Å². The zero-order valence-corrected chi connectivity index (χ0v) is 19.8. The summed E-state index contributed by atoms with van der Waals surface area (Å²) >= 11 is 0. The van der Waals surface area contributed by atoms with Gasteiger partial charge in [-0.1, -0.05) is 12.1 Å². The molecule has 0 bridgehead atoms. The molecule has 2 aliphatic rings. The maximum absolute atomic E-state index is 13.0. The van der Waals surface area contributed by atoms with Crippen molar-refractivity contribution in [2.24, 2.45) is 0 Å². The summed E-state index contributed by atoms with van der Waals surface area (Å²) in [5, 5.41) is 2.72. The van der Waals surface area contributed by atoms with E-state index in [4.69, 9.17) is 4.74 Å². The van der Waals surface area contributed by atoms with Crippen LogP contribution in [0, 0.1) is 0 Å². The minimum absolute atomic E-state index is 0.0359. The fourth-order valence-electron chi connectivity index (χ4n) is 4.24. The van der Waals surface area contributed by atoms with E-state index in [9.17, 15) is 22.8 Å². The van der Waals surface area contributed by atoms with Gasteiger partial charge in [-0.25, -0.2) is 13.2 Å². The lowest BCUT2D eigenvalue weighted by Crippen LogP contribution is -2.49. The Kier molecular flexibility index (Phi) is 6.99. The van der Waals surface area contributed by atoms with E-state index in [2.05, 4.69) is 5.32 Å². The Bertz CT molecular complexity index is 1220. The molecular weight excluding hydrogens is 458 g/mol. The van der Waals surface area contributed by atoms with E-state index in [1.165, 1.54) is 46.6 Å². The maximum Gasteiger partial charge on any atom is 0.338 e. The SMILES string of the molecule is CC(=O)N1CCN(S(=O)(=O)c2cccc(C(=O)OCC(=O)Nc3ccc4c(c3)CCC4)c2)CC1. The molecular formula is C24H27N3O6S. The summed E-state index contributed by atoms with van der Waals surface area (Å²) in [4.78, 5) is 37.7. The number of nitrogens with zero attached hydrogens (tertiary/aromatic N) is 2. The zero-order valence-electron chi connectivity index (χ0n) is 19.0. The molecule has 0 saturated carbocycles. The number of carbonyl (C=O) groups excluding carboxylic acids is 3. The molecule has 4 rings (SSSR count). The summed E-state index contributed by atoms with van der Waals surface area (Å²) in [7, 11) is -3.84. The predicted molar refractivity (Wildman–Crippen MR) is 125 cm³/mol. The van der Waals surface area contributed by atoms with Gasteiger partial charge in [0.25, 0.3) is 5.91 Å². The quantitative estimate of drug-likeness (QED) is 0.625. The number of sulfonamides is 1. The molecule has 0 radical (unpaired) electrons. The average molecular weight is 486 g/mol. The largest absolute Gasteiger partial charge is 0.452 e. The third-order valence-electron chi connectivity index (χ3n) is 6.11. The van der Waals surface area contributed by atoms with Crippen LogP contribution in [0.25, 0.3) is 0 Å². The molecule has 0 aromatic heterocycles. The van der Waals surface area contributed by atoms with Crippen LogP contribution in [0.1, 0.15) is 34.8 Å². The number of hydrogen-bond acceptors (Lipinski definition) is 6. The van der Waals surface area contributed by atoms with Crippen molar-refractivity contribution in [2.75, 3.05) is 38.1 Å². The molecule has 1 saturated heterocycles. The molecule has 0 unspecified atom stereocenters. The van der Waals surface area contributed by atoms with Gasteiger partial charge in [-0.15, -0.1) is 0 Å². The molecule has 1 heterocycles. The van der Waals surface area contributed by atoms with Crippen molar-refractivity contribution in [1.29, 1.82) is 0 Å². The highest BCUT2D eigenvalue weighted by molar-refractivity contribution is 7.89. The number of aryl methyl sites for hydroxylation is 2. The molecule has 180 valence electrons. The second kappa shape index (κ2) is 9.94. The molecule has 1 aliphatic carbocycles. The molecule has 1 N–H and O–H groups in total. The van der Waals surface area contributed by atoms with Gasteiger partial charge in [0.2, 0.25) is 15.9 Å². The molecule has 0 spiro atoms. The second-order valence-electron chi connectivity index (χ2n) is 8.40. The molecule has 2 amide bonds. The monoisotopic (exact) mass is 485 g/mol. The van der Waals surface area contributed by atoms with Gasteiger partial charge in [0.05, 0.1) is 10.5 Å². The first kappa shape index (κ1) is 23.9. The fourth-order valence-corrected chi connectivity index (χ4v) is 5.71. The van der Waals surface area contributed by atoms with Gasteiger partial charge in [-0.05, 0) is 60.7 Å². The average Bonchev–Trinajstić information content (AvgIpc) is 3.30. The van der Waals surface area contributed by atoms with Crippen molar-refractivity contribution in [3.8, 4) is 0 Å². The van der Waals surface area contributed by atoms with Crippen molar-refractivity contribution in [3.05, 3.63) is 59.2 Å². The molecule has 2 aromatic carbocycles. The van der Waals surface area contributed by atoms with Crippen LogP contribution in [0.15, 0.2) is 47.4 Å². The highest BCUT2D eigenvalue weighted by atomic mass is 32.2. The summed E-state index contributed by atoms with van der Waals surface area (Å²) in [5.74, 6) is -1.36. The van der Waals surface area contributed by atoms with Crippen LogP contribution in [0.2, 0.25) is 0 Å². The minimum Gasteiger partial charge on any atom is -0.452 e. The van der Waals surface area contributed by atoms with Crippen LogP contribution in [0.4, 0.5) is 5.69 Å². The summed E-state index contributed by atoms with van der Waals surface area (Å²) in [6.45, 7) is 1.95. The summed E-state index contributed by atoms with van der Waals surface area (Å²) < 4.78 is 32.4. The van der Waals surface area contributed by atoms with Crippen LogP contribution in [-0.2, 0) is 37.2 Å². The number of piperazine rings is 1. The van der Waals surface area contributed by atoms with Crippen molar-refractivity contribution in [1.82, 2.24) is 9.21 Å². The number of carbonyl (C=O) groups is 3. The molecule has 1 fully saturated rings. The van der Waals surface area contributed by atoms with E-state index < -0.39 is 28.5 Å². The number of amides is 2. The van der Waals surface area contributed by atoms with Gasteiger partial charge < -0.3 is 15.0 Å². The Morgan fingerprint density at radius 3 is 2.44 bits per heavy atom. The lowest BCUT2D eigenvalue weighted by Gasteiger charge is -2.33. The number of hydrogen-bond donors (Lipinski definition) is 1. The van der Waals surface area contributed by atoms with Crippen LogP contribution in [-0.4, -0.2) is 68.2 Å². The smallest absolute Gasteiger partial charge is 0.338 e. The molecule has 2 aromatic rings. The number of esters is 1. The minimum atomic E-state index is -3.84. The van der Waals surface area contributed by atoms with Crippen LogP contribution < -0.4 is 5.32 Å². The van der Waals surface area contributed by atoms with Gasteiger partial charge in [0.15, 0.2) is 6.61 Å². The van der Waals surface area contributed by atoms with Crippen molar-refractivity contribution < 1.29 is 27.5 Å². The van der Waals surface area contributed by atoms with E-state index in [1.54, 1.807) is 4.90 Å². The van der Waals surface area contributed by atoms with Gasteiger partial charge in [-0.3, -0.25) is 9.59 Å². The Morgan fingerprint density at radius 2 is 1.71 bits per heavy atom. The van der Waals surface area contributed by atoms with E-state index in [0.717, 1.165) is 19.3 Å². The predicted octanol–water partition coefficient (Wildman–Crippen LogP) is 1.82. The van der Waals surface area contributed by atoms with Gasteiger partial charge in [0, 0.05) is 38.8 Å². The van der Waals surface area contributed by atoms with Crippen LogP contribution in [0.5, 0.6) is 0 Å². The lowest BCUT2D eigenvalue weighted by molar-refractivity contribution is -0.130. The van der Waals surface area contributed by atoms with Crippen molar-refractivity contribution >= 4 is 33.5 Å². The Labute approximate surface area is 198 Å². The summed E-state index contributed by atoms with van der Waals surface area (Å²) in [6, 6.07) is 11.3. The number of rotatable bonds is 6. The fraction of sp³-hybridized carbons (Fsp3) is 0.375. The third kappa shape index (κ3) is 5.28. The number of benzene rings is 2.